The molecule has 2 heterocycles. The Morgan fingerprint density at radius 1 is 1.58 bits per heavy atom. The van der Waals surface area contributed by atoms with Gasteiger partial charge < -0.3 is 10.6 Å². The second-order valence-electron chi connectivity index (χ2n) is 5.41. The average molecular weight is 289 g/mol. The summed E-state index contributed by atoms with van der Waals surface area (Å²) < 4.78 is 1.41. The Labute approximate surface area is 118 Å². The van der Waals surface area contributed by atoms with E-state index in [-0.39, 0.29) is 30.3 Å². The second-order valence-corrected chi connectivity index (χ2v) is 5.41. The summed E-state index contributed by atoms with van der Waals surface area (Å²) in [7, 11) is 0. The van der Waals surface area contributed by atoms with E-state index in [4.69, 9.17) is 0 Å². The van der Waals surface area contributed by atoms with Gasteiger partial charge in [-0.05, 0) is 35.2 Å². The average Bonchev–Trinajstić information content (AvgIpc) is 2.80. The number of nitrogens with one attached hydrogen (secondary N) is 2. The van der Waals surface area contributed by atoms with Crippen molar-refractivity contribution in [2.24, 2.45) is 5.41 Å². The predicted molar refractivity (Wildman–Crippen MR) is 72.9 cm³/mol. The Balaban J connectivity index is 0.00000180. The lowest BCUT2D eigenvalue weighted by atomic mass is 9.77. The molecule has 1 amide bonds. The van der Waals surface area contributed by atoms with Gasteiger partial charge in [-0.2, -0.15) is 0 Å². The van der Waals surface area contributed by atoms with Crippen molar-refractivity contribution in [2.75, 3.05) is 13.1 Å². The number of aromatic nitrogens is 4. The van der Waals surface area contributed by atoms with E-state index in [2.05, 4.69) is 40.0 Å². The third-order valence-corrected chi connectivity index (χ3v) is 3.53. The van der Waals surface area contributed by atoms with Crippen molar-refractivity contribution in [3.05, 3.63) is 6.33 Å². The highest BCUT2D eigenvalue weighted by atomic mass is 35.5. The lowest BCUT2D eigenvalue weighted by Gasteiger charge is -2.39. The zero-order valence-corrected chi connectivity index (χ0v) is 12.1. The molecule has 1 aliphatic rings. The Kier molecular flexibility index (Phi) is 5.68. The van der Waals surface area contributed by atoms with Gasteiger partial charge in [-0.15, -0.1) is 17.5 Å². The molecule has 1 aromatic rings. The zero-order valence-electron chi connectivity index (χ0n) is 11.3. The minimum absolute atomic E-state index is 0. The Morgan fingerprint density at radius 2 is 2.37 bits per heavy atom. The van der Waals surface area contributed by atoms with Crippen LogP contribution >= 0.6 is 12.4 Å². The first-order chi connectivity index (χ1) is 8.58. The van der Waals surface area contributed by atoms with Crippen LogP contribution in [0, 0.1) is 5.41 Å². The number of amides is 1. The van der Waals surface area contributed by atoms with Gasteiger partial charge in [0.05, 0.1) is 0 Å². The summed E-state index contributed by atoms with van der Waals surface area (Å²) in [5.74, 6) is -0.0644. The molecular formula is C11H21ClN6O. The number of carbonyl (C=O) groups excluding carboxylic acids is 1. The van der Waals surface area contributed by atoms with Crippen LogP contribution in [-0.2, 0) is 11.3 Å². The maximum atomic E-state index is 11.7. The predicted octanol–water partition coefficient (Wildman–Crippen LogP) is -0.0107. The number of halogens is 1. The summed E-state index contributed by atoms with van der Waals surface area (Å²) in [5.41, 5.74) is 0.223. The Morgan fingerprint density at radius 3 is 3.00 bits per heavy atom. The van der Waals surface area contributed by atoms with Crippen molar-refractivity contribution in [3.63, 3.8) is 0 Å². The summed E-state index contributed by atoms with van der Waals surface area (Å²) in [6.45, 7) is 6.31. The number of carbonyl (C=O) groups is 1. The molecule has 1 atom stereocenters. The monoisotopic (exact) mass is 288 g/mol. The molecule has 1 saturated heterocycles. The third kappa shape index (κ3) is 4.43. The van der Waals surface area contributed by atoms with Crippen molar-refractivity contribution in [3.8, 4) is 0 Å². The molecule has 0 spiro atoms. The molecular weight excluding hydrogens is 268 g/mol. The van der Waals surface area contributed by atoms with E-state index >= 15 is 0 Å². The molecule has 0 radical (unpaired) electrons. The fourth-order valence-corrected chi connectivity index (χ4v) is 2.29. The highest BCUT2D eigenvalue weighted by Gasteiger charge is 2.31. The smallest absolute Gasteiger partial charge is 0.241 e. The first kappa shape index (κ1) is 15.8. The highest BCUT2D eigenvalue weighted by Crippen LogP contribution is 2.29. The number of piperidine rings is 1. The van der Waals surface area contributed by atoms with Crippen LogP contribution in [0.25, 0.3) is 0 Å². The second kappa shape index (κ2) is 6.81. The van der Waals surface area contributed by atoms with E-state index in [0.717, 1.165) is 6.54 Å². The van der Waals surface area contributed by atoms with E-state index in [1.807, 2.05) is 0 Å². The van der Waals surface area contributed by atoms with Crippen molar-refractivity contribution >= 4 is 18.3 Å². The van der Waals surface area contributed by atoms with Crippen LogP contribution in [0.3, 0.4) is 0 Å². The molecule has 8 heteroatoms. The number of tetrazole rings is 1. The summed E-state index contributed by atoms with van der Waals surface area (Å²) in [5, 5.41) is 17.0. The van der Waals surface area contributed by atoms with Gasteiger partial charge in [0.1, 0.15) is 12.9 Å². The van der Waals surface area contributed by atoms with Gasteiger partial charge in [0.2, 0.25) is 5.91 Å². The van der Waals surface area contributed by atoms with Gasteiger partial charge in [0.15, 0.2) is 0 Å². The molecule has 1 aliphatic heterocycles. The lowest BCUT2D eigenvalue weighted by Crippen LogP contribution is -2.53. The van der Waals surface area contributed by atoms with Gasteiger partial charge >= 0.3 is 0 Å². The highest BCUT2D eigenvalue weighted by molar-refractivity contribution is 5.85. The van der Waals surface area contributed by atoms with Gasteiger partial charge in [-0.3, -0.25) is 4.79 Å². The van der Waals surface area contributed by atoms with Crippen molar-refractivity contribution < 1.29 is 4.79 Å². The SMILES string of the molecule is CC1(C)CCCNC1CNC(=O)Cn1cnnn1.Cl. The molecule has 1 fully saturated rings. The van der Waals surface area contributed by atoms with Crippen molar-refractivity contribution in [2.45, 2.75) is 39.3 Å². The number of rotatable bonds is 4. The van der Waals surface area contributed by atoms with Crippen molar-refractivity contribution in [1.82, 2.24) is 30.8 Å². The molecule has 108 valence electrons. The molecule has 7 nitrogen and oxygen atoms in total. The molecule has 0 saturated carbocycles. The fourth-order valence-electron chi connectivity index (χ4n) is 2.29. The topological polar surface area (TPSA) is 84.7 Å². The Hall–Kier alpha value is -1.21. The summed E-state index contributed by atoms with van der Waals surface area (Å²) in [4.78, 5) is 11.7. The van der Waals surface area contributed by atoms with Crippen LogP contribution in [0.15, 0.2) is 6.33 Å². The third-order valence-electron chi connectivity index (χ3n) is 3.53. The molecule has 19 heavy (non-hydrogen) atoms. The van der Waals surface area contributed by atoms with Crippen LogP contribution < -0.4 is 10.6 Å². The van der Waals surface area contributed by atoms with Gasteiger partial charge in [-0.1, -0.05) is 13.8 Å². The van der Waals surface area contributed by atoms with E-state index in [9.17, 15) is 4.79 Å². The van der Waals surface area contributed by atoms with E-state index in [0.29, 0.717) is 12.6 Å². The summed E-state index contributed by atoms with van der Waals surface area (Å²) >= 11 is 0. The zero-order chi connectivity index (χ0) is 13.0. The van der Waals surface area contributed by atoms with Gasteiger partial charge in [0.25, 0.3) is 0 Å². The molecule has 0 aromatic carbocycles. The maximum absolute atomic E-state index is 11.7. The minimum atomic E-state index is -0.0644. The molecule has 1 aromatic heterocycles. The van der Waals surface area contributed by atoms with E-state index in [1.165, 1.54) is 23.9 Å². The van der Waals surface area contributed by atoms with Crippen molar-refractivity contribution in [1.29, 1.82) is 0 Å². The standard InChI is InChI=1S/C11H20N6O.ClH/c1-11(2)4-3-5-12-9(11)6-13-10(18)7-17-8-14-15-16-17;/h8-9,12H,3-7H2,1-2H3,(H,13,18);1H. The van der Waals surface area contributed by atoms with Gasteiger partial charge in [0, 0.05) is 12.6 Å². The quantitative estimate of drug-likeness (QED) is 0.814. The molecule has 0 bridgehead atoms. The minimum Gasteiger partial charge on any atom is -0.353 e. The maximum Gasteiger partial charge on any atom is 0.241 e. The van der Waals surface area contributed by atoms with E-state index in [1.54, 1.807) is 0 Å². The first-order valence-corrected chi connectivity index (χ1v) is 6.29. The van der Waals surface area contributed by atoms with Crippen LogP contribution in [0.4, 0.5) is 0 Å². The number of nitrogens with zero attached hydrogens (tertiary/aromatic N) is 4. The summed E-state index contributed by atoms with van der Waals surface area (Å²) in [6.07, 6.45) is 3.82. The van der Waals surface area contributed by atoms with Crippen LogP contribution in [0.1, 0.15) is 26.7 Å². The normalized spacial score (nSPS) is 21.5. The number of hydrogen-bond acceptors (Lipinski definition) is 5. The van der Waals surface area contributed by atoms with Crippen LogP contribution in [-0.4, -0.2) is 45.2 Å². The molecule has 1 unspecified atom stereocenters. The van der Waals surface area contributed by atoms with Crippen LogP contribution in [0.2, 0.25) is 0 Å². The molecule has 2 rings (SSSR count). The first-order valence-electron chi connectivity index (χ1n) is 6.29. The fraction of sp³-hybridized carbons (Fsp3) is 0.818. The molecule has 0 aliphatic carbocycles. The number of hydrogen-bond donors (Lipinski definition) is 2. The van der Waals surface area contributed by atoms with Gasteiger partial charge in [-0.25, -0.2) is 4.68 Å². The largest absolute Gasteiger partial charge is 0.353 e. The summed E-state index contributed by atoms with van der Waals surface area (Å²) in [6, 6.07) is 0.323. The van der Waals surface area contributed by atoms with E-state index < -0.39 is 0 Å². The Bertz CT molecular complexity index is 394. The molecule has 2 N–H and O–H groups in total. The van der Waals surface area contributed by atoms with Crippen LogP contribution in [0.5, 0.6) is 0 Å². The lowest BCUT2D eigenvalue weighted by molar-refractivity contribution is -0.122.